The molecule has 0 fully saturated rings. The summed E-state index contributed by atoms with van der Waals surface area (Å²) in [5.74, 6) is 1.68. The first-order valence-corrected chi connectivity index (χ1v) is 6.66. The van der Waals surface area contributed by atoms with Gasteiger partial charge in [0.05, 0.1) is 0 Å². The third-order valence-electron chi connectivity index (χ3n) is 3.10. The van der Waals surface area contributed by atoms with E-state index in [1.807, 2.05) is 0 Å². The minimum absolute atomic E-state index is 0. The van der Waals surface area contributed by atoms with Gasteiger partial charge in [0.25, 0.3) is 0 Å². The Morgan fingerprint density at radius 2 is 1.12 bits per heavy atom. The molecule has 1 rings (SSSR count). The summed E-state index contributed by atoms with van der Waals surface area (Å²) in [6, 6.07) is 4.65. The van der Waals surface area contributed by atoms with Crippen molar-refractivity contribution in [3.8, 4) is 0 Å². The van der Waals surface area contributed by atoms with Crippen LogP contribution in [0.25, 0.3) is 0 Å². The van der Waals surface area contributed by atoms with E-state index in [9.17, 15) is 0 Å². The summed E-state index contributed by atoms with van der Waals surface area (Å²) in [5.41, 5.74) is 4.21. The standard InChI is InChI=1S/C15H24S.Li/c1-9(2)12-7-13(10(3)4)15(16)14(8-12)11(5)6;/h7-11,16H,1-6H3;. The molecule has 0 aromatic heterocycles. The molecular weight excluding hydrogens is 219 g/mol. The van der Waals surface area contributed by atoms with Gasteiger partial charge in [0.15, 0.2) is 0 Å². The summed E-state index contributed by atoms with van der Waals surface area (Å²) >= 11 is 4.71. The Kier molecular flexibility index (Phi) is 7.00. The monoisotopic (exact) mass is 243 g/mol. The second-order valence-corrected chi connectivity index (χ2v) is 5.96. The summed E-state index contributed by atoms with van der Waals surface area (Å²) < 4.78 is 0. The fraction of sp³-hybridized carbons (Fsp3) is 0.600. The van der Waals surface area contributed by atoms with Crippen molar-refractivity contribution < 1.29 is 0 Å². The van der Waals surface area contributed by atoms with Gasteiger partial charge in [-0.05, 0) is 34.4 Å². The minimum atomic E-state index is 0. The van der Waals surface area contributed by atoms with E-state index in [1.165, 1.54) is 21.6 Å². The predicted molar refractivity (Wildman–Crippen MR) is 81.7 cm³/mol. The van der Waals surface area contributed by atoms with Crippen molar-refractivity contribution >= 4 is 31.5 Å². The summed E-state index contributed by atoms with van der Waals surface area (Å²) in [6.07, 6.45) is 0. The molecule has 17 heavy (non-hydrogen) atoms. The van der Waals surface area contributed by atoms with E-state index in [0.717, 1.165) is 0 Å². The SMILES string of the molecule is CC(C)c1cc(C(C)C)c(S)c(C(C)C)c1.[Li]. The van der Waals surface area contributed by atoms with E-state index in [-0.39, 0.29) is 18.9 Å². The second kappa shape index (κ2) is 6.93. The molecule has 0 aliphatic rings. The van der Waals surface area contributed by atoms with Crippen molar-refractivity contribution in [2.45, 2.75) is 64.2 Å². The topological polar surface area (TPSA) is 0 Å². The molecule has 0 atom stereocenters. The van der Waals surface area contributed by atoms with Gasteiger partial charge in [-0.25, -0.2) is 0 Å². The van der Waals surface area contributed by atoms with Crippen LogP contribution in [0.3, 0.4) is 0 Å². The maximum absolute atomic E-state index is 4.71. The average Bonchev–Trinajstić information content (AvgIpc) is 2.16. The van der Waals surface area contributed by atoms with Crippen LogP contribution in [-0.4, -0.2) is 18.9 Å². The van der Waals surface area contributed by atoms with Crippen LogP contribution in [0, 0.1) is 0 Å². The first kappa shape index (κ1) is 17.2. The van der Waals surface area contributed by atoms with Crippen LogP contribution < -0.4 is 0 Å². The quantitative estimate of drug-likeness (QED) is 0.562. The Morgan fingerprint density at radius 3 is 1.35 bits per heavy atom. The Hall–Kier alpha value is 0.167. The Bertz CT molecular complexity index is 338. The summed E-state index contributed by atoms with van der Waals surface area (Å²) in [5, 5.41) is 0. The first-order chi connectivity index (χ1) is 7.34. The fourth-order valence-electron chi connectivity index (χ4n) is 1.92. The van der Waals surface area contributed by atoms with Gasteiger partial charge in [0, 0.05) is 23.8 Å². The molecule has 0 unspecified atom stereocenters. The van der Waals surface area contributed by atoms with E-state index in [4.69, 9.17) is 12.6 Å². The van der Waals surface area contributed by atoms with Gasteiger partial charge >= 0.3 is 0 Å². The van der Waals surface area contributed by atoms with E-state index in [2.05, 4.69) is 53.7 Å². The Balaban J connectivity index is 0.00000256. The van der Waals surface area contributed by atoms with Gasteiger partial charge in [-0.3, -0.25) is 0 Å². The third-order valence-corrected chi connectivity index (χ3v) is 3.62. The van der Waals surface area contributed by atoms with Crippen LogP contribution in [0.2, 0.25) is 0 Å². The predicted octanol–water partition coefficient (Wildman–Crippen LogP) is 4.96. The summed E-state index contributed by atoms with van der Waals surface area (Å²) in [6.45, 7) is 13.5. The molecule has 0 heterocycles. The molecular formula is C15H24LiS. The molecule has 2 heteroatoms. The van der Waals surface area contributed by atoms with Gasteiger partial charge < -0.3 is 0 Å². The second-order valence-electron chi connectivity index (χ2n) is 5.51. The molecule has 0 nitrogen and oxygen atoms in total. The number of hydrogen-bond donors (Lipinski definition) is 1. The number of thiol groups is 1. The molecule has 1 radical (unpaired) electrons. The molecule has 91 valence electrons. The van der Waals surface area contributed by atoms with E-state index < -0.39 is 0 Å². The van der Waals surface area contributed by atoms with Gasteiger partial charge in [-0.15, -0.1) is 12.6 Å². The molecule has 0 spiro atoms. The summed E-state index contributed by atoms with van der Waals surface area (Å²) in [7, 11) is 0. The van der Waals surface area contributed by atoms with Crippen LogP contribution >= 0.6 is 12.6 Å². The van der Waals surface area contributed by atoms with Crippen LogP contribution in [0.4, 0.5) is 0 Å². The number of rotatable bonds is 3. The largest absolute Gasteiger partial charge is 0.143 e. The van der Waals surface area contributed by atoms with Gasteiger partial charge in [-0.1, -0.05) is 53.7 Å². The molecule has 0 aliphatic carbocycles. The van der Waals surface area contributed by atoms with Crippen LogP contribution in [-0.2, 0) is 0 Å². The van der Waals surface area contributed by atoms with Crippen LogP contribution in [0.1, 0.15) is 76.0 Å². The van der Waals surface area contributed by atoms with Crippen molar-refractivity contribution in [2.75, 3.05) is 0 Å². The first-order valence-electron chi connectivity index (χ1n) is 6.21. The van der Waals surface area contributed by atoms with Gasteiger partial charge in [0.2, 0.25) is 0 Å². The van der Waals surface area contributed by atoms with Crippen LogP contribution in [0.5, 0.6) is 0 Å². The molecule has 0 aliphatic heterocycles. The van der Waals surface area contributed by atoms with Gasteiger partial charge in [-0.2, -0.15) is 0 Å². The zero-order valence-electron chi connectivity index (χ0n) is 12.3. The molecule has 0 amide bonds. The fourth-order valence-corrected chi connectivity index (χ4v) is 2.56. The summed E-state index contributed by atoms with van der Waals surface area (Å²) in [4.78, 5) is 1.19. The molecule has 1 aromatic rings. The molecule has 1 aromatic carbocycles. The smallest absolute Gasteiger partial charge is 0.0110 e. The zero-order chi connectivity index (χ0) is 12.5. The maximum Gasteiger partial charge on any atom is 0.0110 e. The average molecular weight is 243 g/mol. The van der Waals surface area contributed by atoms with Crippen molar-refractivity contribution in [3.05, 3.63) is 28.8 Å². The molecule has 0 N–H and O–H groups in total. The Labute approximate surface area is 124 Å². The molecule has 0 bridgehead atoms. The van der Waals surface area contributed by atoms with Crippen LogP contribution in [0.15, 0.2) is 17.0 Å². The van der Waals surface area contributed by atoms with E-state index in [0.29, 0.717) is 17.8 Å². The van der Waals surface area contributed by atoms with Crippen molar-refractivity contribution in [2.24, 2.45) is 0 Å². The van der Waals surface area contributed by atoms with E-state index in [1.54, 1.807) is 0 Å². The van der Waals surface area contributed by atoms with Gasteiger partial charge in [0.1, 0.15) is 0 Å². The normalized spacial score (nSPS) is 11.2. The molecule has 0 saturated carbocycles. The third kappa shape index (κ3) is 4.09. The zero-order valence-corrected chi connectivity index (χ0v) is 13.2. The van der Waals surface area contributed by atoms with E-state index >= 15 is 0 Å². The number of hydrogen-bond acceptors (Lipinski definition) is 1. The minimum Gasteiger partial charge on any atom is -0.143 e. The van der Waals surface area contributed by atoms with Crippen molar-refractivity contribution in [1.29, 1.82) is 0 Å². The van der Waals surface area contributed by atoms with Crippen molar-refractivity contribution in [1.82, 2.24) is 0 Å². The van der Waals surface area contributed by atoms with Crippen molar-refractivity contribution in [3.63, 3.8) is 0 Å². The molecule has 0 saturated heterocycles. The Morgan fingerprint density at radius 1 is 0.765 bits per heavy atom. The number of benzene rings is 1. The maximum atomic E-state index is 4.71.